The zero-order valence-electron chi connectivity index (χ0n) is 13.9. The normalized spacial score (nSPS) is 16.4. The van der Waals surface area contributed by atoms with Gasteiger partial charge in [-0.1, -0.05) is 60.7 Å². The fourth-order valence-electron chi connectivity index (χ4n) is 2.85. The number of esters is 2. The number of rotatable bonds is 4. The highest BCUT2D eigenvalue weighted by Gasteiger charge is 2.41. The first-order valence-electron chi connectivity index (χ1n) is 7.77. The van der Waals surface area contributed by atoms with Crippen molar-refractivity contribution < 1.29 is 19.1 Å². The third-order valence-electron chi connectivity index (χ3n) is 4.01. The molecule has 2 aromatic rings. The van der Waals surface area contributed by atoms with E-state index < -0.39 is 17.9 Å². The predicted molar refractivity (Wildman–Crippen MR) is 93.9 cm³/mol. The molecule has 5 heteroatoms. The number of aliphatic imine (C=N–C) groups is 1. The van der Waals surface area contributed by atoms with E-state index >= 15 is 0 Å². The van der Waals surface area contributed by atoms with Crippen LogP contribution in [0.2, 0.25) is 0 Å². The molecular weight excluding hydrogens is 318 g/mol. The van der Waals surface area contributed by atoms with Crippen LogP contribution >= 0.6 is 0 Å². The van der Waals surface area contributed by atoms with Crippen LogP contribution in [0.15, 0.2) is 71.2 Å². The smallest absolute Gasteiger partial charge is 0.337 e. The Hall–Kier alpha value is -3.21. The van der Waals surface area contributed by atoms with E-state index in [0.717, 1.165) is 11.1 Å². The Morgan fingerprint density at radius 1 is 0.840 bits per heavy atom. The van der Waals surface area contributed by atoms with Crippen LogP contribution in [0.5, 0.6) is 0 Å². The molecule has 3 rings (SSSR count). The molecule has 2 aromatic carbocycles. The summed E-state index contributed by atoms with van der Waals surface area (Å²) in [6.07, 6.45) is 0. The monoisotopic (exact) mass is 335 g/mol. The Morgan fingerprint density at radius 3 is 1.92 bits per heavy atom. The van der Waals surface area contributed by atoms with Crippen LogP contribution in [-0.2, 0) is 19.1 Å². The SMILES string of the molecule is COC(=O)C1=C(c2ccccc2)N=C(c2ccccc2)C1C(=O)OC. The van der Waals surface area contributed by atoms with Crippen LogP contribution in [0.3, 0.4) is 0 Å². The first-order valence-corrected chi connectivity index (χ1v) is 7.77. The molecule has 0 fully saturated rings. The van der Waals surface area contributed by atoms with Crippen molar-refractivity contribution in [3.05, 3.63) is 77.4 Å². The van der Waals surface area contributed by atoms with Crippen LogP contribution < -0.4 is 0 Å². The van der Waals surface area contributed by atoms with Crippen molar-refractivity contribution in [2.75, 3.05) is 14.2 Å². The van der Waals surface area contributed by atoms with Gasteiger partial charge in [-0.3, -0.25) is 9.79 Å². The van der Waals surface area contributed by atoms with Gasteiger partial charge < -0.3 is 9.47 Å². The lowest BCUT2D eigenvalue weighted by molar-refractivity contribution is -0.145. The molecule has 0 saturated heterocycles. The van der Waals surface area contributed by atoms with E-state index in [0.29, 0.717) is 11.4 Å². The zero-order chi connectivity index (χ0) is 17.8. The second-order valence-electron chi connectivity index (χ2n) is 5.44. The van der Waals surface area contributed by atoms with E-state index in [4.69, 9.17) is 9.47 Å². The topological polar surface area (TPSA) is 65.0 Å². The standard InChI is InChI=1S/C20H17NO4/c1-24-19(22)15-16(20(23)25-2)18(14-11-7-4-8-12-14)21-17(15)13-9-5-3-6-10-13/h3-12,15H,1-2H3. The minimum Gasteiger partial charge on any atom is -0.468 e. The summed E-state index contributed by atoms with van der Waals surface area (Å²) >= 11 is 0. The van der Waals surface area contributed by atoms with Crippen LogP contribution in [0.1, 0.15) is 11.1 Å². The molecule has 0 bridgehead atoms. The van der Waals surface area contributed by atoms with E-state index in [9.17, 15) is 9.59 Å². The highest BCUT2D eigenvalue weighted by molar-refractivity contribution is 6.24. The zero-order valence-corrected chi connectivity index (χ0v) is 13.9. The second kappa shape index (κ2) is 7.13. The second-order valence-corrected chi connectivity index (χ2v) is 5.44. The van der Waals surface area contributed by atoms with Crippen LogP contribution in [0.25, 0.3) is 5.70 Å². The van der Waals surface area contributed by atoms with Gasteiger partial charge >= 0.3 is 11.9 Å². The van der Waals surface area contributed by atoms with Crippen molar-refractivity contribution >= 4 is 23.3 Å². The number of carbonyl (C=O) groups is 2. The van der Waals surface area contributed by atoms with Gasteiger partial charge in [0.1, 0.15) is 5.92 Å². The maximum Gasteiger partial charge on any atom is 0.337 e. The number of ether oxygens (including phenoxy) is 2. The molecule has 0 N–H and O–H groups in total. The Balaban J connectivity index is 2.22. The summed E-state index contributed by atoms with van der Waals surface area (Å²) in [4.78, 5) is 29.5. The van der Waals surface area contributed by atoms with Gasteiger partial charge in [0.15, 0.2) is 0 Å². The lowest BCUT2D eigenvalue weighted by Crippen LogP contribution is -2.29. The number of hydrogen-bond donors (Lipinski definition) is 0. The molecule has 0 amide bonds. The summed E-state index contributed by atoms with van der Waals surface area (Å²) < 4.78 is 9.85. The van der Waals surface area contributed by atoms with Crippen LogP contribution in [-0.4, -0.2) is 31.9 Å². The highest BCUT2D eigenvalue weighted by atomic mass is 16.5. The molecule has 1 unspecified atom stereocenters. The Morgan fingerprint density at radius 2 is 1.40 bits per heavy atom. The number of nitrogens with zero attached hydrogens (tertiary/aromatic N) is 1. The molecule has 0 saturated carbocycles. The van der Waals surface area contributed by atoms with Crippen molar-refractivity contribution in [2.45, 2.75) is 0 Å². The van der Waals surface area contributed by atoms with Gasteiger partial charge in [0.25, 0.3) is 0 Å². The van der Waals surface area contributed by atoms with E-state index in [1.54, 1.807) is 0 Å². The molecule has 1 aliphatic rings. The lowest BCUT2D eigenvalue weighted by atomic mass is 9.90. The fourth-order valence-corrected chi connectivity index (χ4v) is 2.85. The molecule has 0 radical (unpaired) electrons. The minimum atomic E-state index is -0.921. The van der Waals surface area contributed by atoms with E-state index in [1.807, 2.05) is 60.7 Å². The summed E-state index contributed by atoms with van der Waals surface area (Å²) in [6.45, 7) is 0. The summed E-state index contributed by atoms with van der Waals surface area (Å²) in [5.41, 5.74) is 2.60. The Labute approximate surface area is 145 Å². The summed E-state index contributed by atoms with van der Waals surface area (Å²) in [5.74, 6) is -2.06. The lowest BCUT2D eigenvalue weighted by Gasteiger charge is -2.14. The third kappa shape index (κ3) is 3.08. The summed E-state index contributed by atoms with van der Waals surface area (Å²) in [7, 11) is 2.58. The molecule has 0 aromatic heterocycles. The maximum absolute atomic E-state index is 12.5. The highest BCUT2D eigenvalue weighted by Crippen LogP contribution is 2.36. The van der Waals surface area contributed by atoms with Gasteiger partial charge in [-0.15, -0.1) is 0 Å². The number of methoxy groups -OCH3 is 2. The van der Waals surface area contributed by atoms with Crippen molar-refractivity contribution in [2.24, 2.45) is 10.9 Å². The van der Waals surface area contributed by atoms with Gasteiger partial charge in [-0.25, -0.2) is 4.79 Å². The van der Waals surface area contributed by atoms with Crippen molar-refractivity contribution in [3.8, 4) is 0 Å². The third-order valence-corrected chi connectivity index (χ3v) is 4.01. The van der Waals surface area contributed by atoms with Gasteiger partial charge in [-0.2, -0.15) is 0 Å². The van der Waals surface area contributed by atoms with Crippen molar-refractivity contribution in [3.63, 3.8) is 0 Å². The van der Waals surface area contributed by atoms with Gasteiger partial charge in [0.05, 0.1) is 31.2 Å². The summed E-state index contributed by atoms with van der Waals surface area (Å²) in [5, 5.41) is 0. The minimum absolute atomic E-state index is 0.194. The largest absolute Gasteiger partial charge is 0.468 e. The number of hydrogen-bond acceptors (Lipinski definition) is 5. The van der Waals surface area contributed by atoms with Crippen LogP contribution in [0, 0.1) is 5.92 Å². The van der Waals surface area contributed by atoms with Gasteiger partial charge in [-0.05, 0) is 5.56 Å². The quantitative estimate of drug-likeness (QED) is 0.806. The van der Waals surface area contributed by atoms with E-state index in [1.165, 1.54) is 14.2 Å². The van der Waals surface area contributed by atoms with Gasteiger partial charge in [0, 0.05) is 5.56 Å². The molecule has 0 aliphatic carbocycles. The van der Waals surface area contributed by atoms with E-state index in [2.05, 4.69) is 4.99 Å². The molecule has 5 nitrogen and oxygen atoms in total. The van der Waals surface area contributed by atoms with E-state index in [-0.39, 0.29) is 5.57 Å². The predicted octanol–water partition coefficient (Wildman–Crippen LogP) is 2.86. The first-order chi connectivity index (χ1) is 12.2. The number of benzene rings is 2. The number of carbonyl (C=O) groups excluding carboxylic acids is 2. The average Bonchev–Trinajstić information content (AvgIpc) is 3.08. The molecule has 25 heavy (non-hydrogen) atoms. The molecular formula is C20H17NO4. The summed E-state index contributed by atoms with van der Waals surface area (Å²) in [6, 6.07) is 18.5. The molecule has 1 aliphatic heterocycles. The molecule has 126 valence electrons. The Kier molecular flexibility index (Phi) is 4.75. The average molecular weight is 335 g/mol. The molecule has 0 spiro atoms. The van der Waals surface area contributed by atoms with Crippen molar-refractivity contribution in [1.82, 2.24) is 0 Å². The maximum atomic E-state index is 12.5. The van der Waals surface area contributed by atoms with Crippen LogP contribution in [0.4, 0.5) is 0 Å². The first kappa shape index (κ1) is 16.6. The molecule has 1 atom stereocenters. The molecule has 1 heterocycles. The van der Waals surface area contributed by atoms with Crippen molar-refractivity contribution in [1.29, 1.82) is 0 Å². The Bertz CT molecular complexity index is 854. The fraction of sp³-hybridized carbons (Fsp3) is 0.150. The van der Waals surface area contributed by atoms with Gasteiger partial charge in [0.2, 0.25) is 0 Å².